The molecule has 0 amide bonds. The van der Waals surface area contributed by atoms with Gasteiger partial charge in [-0.25, -0.2) is 8.78 Å². The first-order valence-electron chi connectivity index (χ1n) is 7.78. The van der Waals surface area contributed by atoms with E-state index in [0.717, 1.165) is 37.7 Å². The fraction of sp³-hybridized carbons (Fsp3) is 0.333. The van der Waals surface area contributed by atoms with Crippen molar-refractivity contribution in [2.75, 3.05) is 18.4 Å². The summed E-state index contributed by atoms with van der Waals surface area (Å²) in [6.45, 7) is 3.68. The van der Waals surface area contributed by atoms with E-state index in [4.69, 9.17) is 11.6 Å². The third kappa shape index (κ3) is 3.48. The fourth-order valence-corrected chi connectivity index (χ4v) is 3.28. The summed E-state index contributed by atoms with van der Waals surface area (Å²) < 4.78 is 27.1. The molecule has 122 valence electrons. The molecule has 2 N–H and O–H groups in total. The summed E-state index contributed by atoms with van der Waals surface area (Å²) in [5, 5.41) is 7.31. The lowest BCUT2D eigenvalue weighted by atomic mass is 9.99. The molecule has 1 heterocycles. The summed E-state index contributed by atoms with van der Waals surface area (Å²) >= 11 is 6.37. The SMILES string of the molecule is CC(Nc1c(Cl)ccc2c1CCNCC2)c1ccc(F)cc1F. The van der Waals surface area contributed by atoms with Crippen molar-refractivity contribution in [2.24, 2.45) is 0 Å². The number of anilines is 1. The van der Waals surface area contributed by atoms with Gasteiger partial charge in [-0.05, 0) is 56.1 Å². The van der Waals surface area contributed by atoms with E-state index in [9.17, 15) is 8.78 Å². The molecule has 0 radical (unpaired) electrons. The number of halogens is 3. The minimum absolute atomic E-state index is 0.309. The second-order valence-electron chi connectivity index (χ2n) is 5.84. The highest BCUT2D eigenvalue weighted by atomic mass is 35.5. The first-order chi connectivity index (χ1) is 11.1. The maximum atomic E-state index is 14.0. The predicted molar refractivity (Wildman–Crippen MR) is 90.1 cm³/mol. The maximum absolute atomic E-state index is 14.0. The van der Waals surface area contributed by atoms with E-state index in [1.54, 1.807) is 0 Å². The van der Waals surface area contributed by atoms with E-state index in [-0.39, 0.29) is 6.04 Å². The van der Waals surface area contributed by atoms with Crippen molar-refractivity contribution in [3.05, 3.63) is 63.7 Å². The van der Waals surface area contributed by atoms with Crippen molar-refractivity contribution < 1.29 is 8.78 Å². The Kier molecular flexibility index (Phi) is 4.83. The highest BCUT2D eigenvalue weighted by Gasteiger charge is 2.18. The minimum Gasteiger partial charge on any atom is -0.377 e. The van der Waals surface area contributed by atoms with Crippen molar-refractivity contribution in [1.82, 2.24) is 5.32 Å². The average Bonchev–Trinajstić information content (AvgIpc) is 2.75. The number of hydrogen-bond acceptors (Lipinski definition) is 2. The molecule has 0 aliphatic carbocycles. The molecule has 3 rings (SSSR count). The first kappa shape index (κ1) is 16.2. The van der Waals surface area contributed by atoms with Crippen LogP contribution in [0.3, 0.4) is 0 Å². The standard InChI is InChI=1S/C18H19ClF2N2/c1-11(14-4-3-13(20)10-17(14)21)23-18-15-7-9-22-8-6-12(15)2-5-16(18)19/h2-5,10-11,22-23H,6-9H2,1H3. The van der Waals surface area contributed by atoms with Gasteiger partial charge in [0, 0.05) is 11.6 Å². The Morgan fingerprint density at radius 3 is 2.70 bits per heavy atom. The number of nitrogens with one attached hydrogen (secondary N) is 2. The summed E-state index contributed by atoms with van der Waals surface area (Å²) in [6, 6.07) is 7.27. The predicted octanol–water partition coefficient (Wildman–Crippen LogP) is 4.48. The Morgan fingerprint density at radius 2 is 1.91 bits per heavy atom. The maximum Gasteiger partial charge on any atom is 0.131 e. The summed E-state index contributed by atoms with van der Waals surface area (Å²) in [5.41, 5.74) is 3.71. The molecule has 1 aliphatic heterocycles. The van der Waals surface area contributed by atoms with Gasteiger partial charge in [0.25, 0.3) is 0 Å². The van der Waals surface area contributed by atoms with Gasteiger partial charge in [0.1, 0.15) is 11.6 Å². The topological polar surface area (TPSA) is 24.1 Å². The van der Waals surface area contributed by atoms with Crippen LogP contribution in [0.5, 0.6) is 0 Å². The van der Waals surface area contributed by atoms with Crippen LogP contribution < -0.4 is 10.6 Å². The molecule has 23 heavy (non-hydrogen) atoms. The summed E-state index contributed by atoms with van der Waals surface area (Å²) in [6.07, 6.45) is 1.82. The largest absolute Gasteiger partial charge is 0.377 e. The Bertz CT molecular complexity index is 718. The van der Waals surface area contributed by atoms with Gasteiger partial charge in [-0.1, -0.05) is 23.7 Å². The van der Waals surface area contributed by atoms with Crippen LogP contribution in [-0.4, -0.2) is 13.1 Å². The van der Waals surface area contributed by atoms with E-state index in [1.165, 1.54) is 23.3 Å². The van der Waals surface area contributed by atoms with Crippen LogP contribution in [0.15, 0.2) is 30.3 Å². The van der Waals surface area contributed by atoms with Gasteiger partial charge in [-0.3, -0.25) is 0 Å². The molecule has 1 unspecified atom stereocenters. The lowest BCUT2D eigenvalue weighted by Gasteiger charge is -2.21. The monoisotopic (exact) mass is 336 g/mol. The Morgan fingerprint density at radius 1 is 1.13 bits per heavy atom. The molecule has 0 bridgehead atoms. The Hall–Kier alpha value is -1.65. The van der Waals surface area contributed by atoms with E-state index in [2.05, 4.69) is 16.7 Å². The quantitative estimate of drug-likeness (QED) is 0.863. The van der Waals surface area contributed by atoms with Crippen molar-refractivity contribution in [3.63, 3.8) is 0 Å². The summed E-state index contributed by atoms with van der Waals surface area (Å²) in [5.74, 6) is -1.12. The van der Waals surface area contributed by atoms with Crippen LogP contribution in [-0.2, 0) is 12.8 Å². The molecular formula is C18H19ClF2N2. The molecule has 0 saturated heterocycles. The molecule has 2 nitrogen and oxygen atoms in total. The molecule has 1 aliphatic rings. The highest BCUT2D eigenvalue weighted by Crippen LogP contribution is 2.33. The lowest BCUT2D eigenvalue weighted by Crippen LogP contribution is -2.16. The zero-order chi connectivity index (χ0) is 16.4. The van der Waals surface area contributed by atoms with Crippen LogP contribution in [0.25, 0.3) is 0 Å². The van der Waals surface area contributed by atoms with Gasteiger partial charge < -0.3 is 10.6 Å². The van der Waals surface area contributed by atoms with Crippen LogP contribution in [0.4, 0.5) is 14.5 Å². The van der Waals surface area contributed by atoms with Gasteiger partial charge >= 0.3 is 0 Å². The lowest BCUT2D eigenvalue weighted by molar-refractivity contribution is 0.566. The average molecular weight is 337 g/mol. The number of hydrogen-bond donors (Lipinski definition) is 2. The van der Waals surface area contributed by atoms with Crippen molar-refractivity contribution in [3.8, 4) is 0 Å². The van der Waals surface area contributed by atoms with Gasteiger partial charge in [0.2, 0.25) is 0 Å². The molecule has 0 saturated carbocycles. The number of rotatable bonds is 3. The van der Waals surface area contributed by atoms with E-state index >= 15 is 0 Å². The fourth-order valence-electron chi connectivity index (χ4n) is 3.05. The first-order valence-corrected chi connectivity index (χ1v) is 8.16. The van der Waals surface area contributed by atoms with Crippen LogP contribution in [0.1, 0.15) is 29.7 Å². The van der Waals surface area contributed by atoms with Crippen molar-refractivity contribution >= 4 is 17.3 Å². The minimum atomic E-state index is -0.573. The van der Waals surface area contributed by atoms with Gasteiger partial charge in [-0.2, -0.15) is 0 Å². The molecule has 0 spiro atoms. The summed E-state index contributed by atoms with van der Waals surface area (Å²) in [4.78, 5) is 0. The molecule has 2 aromatic carbocycles. The van der Waals surface area contributed by atoms with Crippen molar-refractivity contribution in [2.45, 2.75) is 25.8 Å². The van der Waals surface area contributed by atoms with E-state index in [1.807, 2.05) is 13.0 Å². The van der Waals surface area contributed by atoms with Gasteiger partial charge in [0.05, 0.1) is 16.8 Å². The highest BCUT2D eigenvalue weighted by molar-refractivity contribution is 6.33. The zero-order valence-electron chi connectivity index (χ0n) is 12.9. The normalized spacial score (nSPS) is 15.7. The third-order valence-electron chi connectivity index (χ3n) is 4.27. The number of benzene rings is 2. The molecule has 2 aromatic rings. The van der Waals surface area contributed by atoms with Gasteiger partial charge in [0.15, 0.2) is 0 Å². The van der Waals surface area contributed by atoms with Crippen LogP contribution >= 0.6 is 11.6 Å². The third-order valence-corrected chi connectivity index (χ3v) is 4.59. The smallest absolute Gasteiger partial charge is 0.131 e. The van der Waals surface area contributed by atoms with Gasteiger partial charge in [-0.15, -0.1) is 0 Å². The summed E-state index contributed by atoms with van der Waals surface area (Å²) in [7, 11) is 0. The molecule has 0 fully saturated rings. The second-order valence-corrected chi connectivity index (χ2v) is 6.25. The molecule has 0 aromatic heterocycles. The Balaban J connectivity index is 1.93. The second kappa shape index (κ2) is 6.85. The van der Waals surface area contributed by atoms with Crippen molar-refractivity contribution in [1.29, 1.82) is 0 Å². The molecule has 1 atom stereocenters. The van der Waals surface area contributed by atoms with Crippen LogP contribution in [0.2, 0.25) is 5.02 Å². The van der Waals surface area contributed by atoms with E-state index < -0.39 is 11.6 Å². The number of fused-ring (bicyclic) bond motifs is 1. The Labute approximate surface area is 139 Å². The molecular weight excluding hydrogens is 318 g/mol. The zero-order valence-corrected chi connectivity index (χ0v) is 13.7. The van der Waals surface area contributed by atoms with E-state index in [0.29, 0.717) is 10.6 Å². The molecule has 5 heteroatoms. The van der Waals surface area contributed by atoms with Crippen LogP contribution in [0, 0.1) is 11.6 Å².